The number of hydrogen-bond acceptors (Lipinski definition) is 5. The van der Waals surface area contributed by atoms with Crippen LogP contribution in [0.15, 0.2) is 0 Å². The Morgan fingerprint density at radius 1 is 1.30 bits per heavy atom. The normalized spacial score (nSPS) is 14.0. The zero-order valence-corrected chi connectivity index (χ0v) is 14.7. The highest BCUT2D eigenvalue weighted by Gasteiger charge is 2.29. The van der Waals surface area contributed by atoms with E-state index in [0.29, 0.717) is 28.5 Å². The fraction of sp³-hybridized carbons (Fsp3) is 0.533. The van der Waals surface area contributed by atoms with Crippen LogP contribution >= 0.6 is 22.9 Å². The first kappa shape index (κ1) is 17.7. The SMILES string of the molecule is CCOC(=O)c1c(NC(=O)CCl)sc(C(=O)N2CCCC2)c1C. The quantitative estimate of drug-likeness (QED) is 0.648. The van der Waals surface area contributed by atoms with Gasteiger partial charge >= 0.3 is 5.97 Å². The van der Waals surface area contributed by atoms with Gasteiger partial charge in [-0.3, -0.25) is 9.59 Å². The number of nitrogens with one attached hydrogen (secondary N) is 1. The number of amides is 2. The topological polar surface area (TPSA) is 75.7 Å². The molecule has 8 heteroatoms. The molecule has 0 unspecified atom stereocenters. The van der Waals surface area contributed by atoms with E-state index in [1.807, 2.05) is 0 Å². The Bertz CT molecular complexity index is 623. The van der Waals surface area contributed by atoms with Gasteiger partial charge in [0.25, 0.3) is 5.91 Å². The van der Waals surface area contributed by atoms with Crippen molar-refractivity contribution < 1.29 is 19.1 Å². The molecule has 6 nitrogen and oxygen atoms in total. The van der Waals surface area contributed by atoms with E-state index in [0.717, 1.165) is 24.2 Å². The van der Waals surface area contributed by atoms with Crippen LogP contribution in [0.25, 0.3) is 0 Å². The van der Waals surface area contributed by atoms with Crippen molar-refractivity contribution in [2.24, 2.45) is 0 Å². The molecule has 1 aromatic rings. The van der Waals surface area contributed by atoms with Gasteiger partial charge in [-0.05, 0) is 32.3 Å². The minimum absolute atomic E-state index is 0.109. The van der Waals surface area contributed by atoms with Gasteiger partial charge in [-0.2, -0.15) is 0 Å². The van der Waals surface area contributed by atoms with E-state index in [2.05, 4.69) is 5.32 Å². The second-order valence-electron chi connectivity index (χ2n) is 5.16. The highest BCUT2D eigenvalue weighted by Crippen LogP contribution is 2.35. The van der Waals surface area contributed by atoms with Crippen LogP contribution in [0.1, 0.15) is 45.4 Å². The maximum atomic E-state index is 12.6. The number of nitrogens with zero attached hydrogens (tertiary/aromatic N) is 1. The molecule has 0 aromatic carbocycles. The molecule has 0 atom stereocenters. The number of rotatable bonds is 5. The smallest absolute Gasteiger partial charge is 0.341 e. The molecule has 0 radical (unpaired) electrons. The molecule has 1 aromatic heterocycles. The number of halogens is 1. The maximum absolute atomic E-state index is 12.6. The molecule has 2 heterocycles. The molecular formula is C15H19ClN2O4S. The second kappa shape index (κ2) is 7.79. The summed E-state index contributed by atoms with van der Waals surface area (Å²) in [6.07, 6.45) is 1.97. The van der Waals surface area contributed by atoms with Crippen LogP contribution in [-0.2, 0) is 9.53 Å². The van der Waals surface area contributed by atoms with E-state index in [4.69, 9.17) is 16.3 Å². The predicted octanol–water partition coefficient (Wildman–Crippen LogP) is 2.65. The lowest BCUT2D eigenvalue weighted by molar-refractivity contribution is -0.113. The van der Waals surface area contributed by atoms with Crippen molar-refractivity contribution in [2.45, 2.75) is 26.7 Å². The Hall–Kier alpha value is -1.60. The lowest BCUT2D eigenvalue weighted by Gasteiger charge is -2.14. The molecule has 0 saturated carbocycles. The predicted molar refractivity (Wildman–Crippen MR) is 89.5 cm³/mol. The summed E-state index contributed by atoms with van der Waals surface area (Å²) in [7, 11) is 0. The van der Waals surface area contributed by atoms with Gasteiger partial charge in [0, 0.05) is 13.1 Å². The number of anilines is 1. The van der Waals surface area contributed by atoms with Gasteiger partial charge in [-0.1, -0.05) is 0 Å². The number of thiophene rings is 1. The monoisotopic (exact) mass is 358 g/mol. The third-order valence-corrected chi connectivity index (χ3v) is 5.03. The highest BCUT2D eigenvalue weighted by molar-refractivity contribution is 7.18. The summed E-state index contributed by atoms with van der Waals surface area (Å²) in [6, 6.07) is 0. The third-order valence-electron chi connectivity index (χ3n) is 3.59. The van der Waals surface area contributed by atoms with Crippen LogP contribution in [0, 0.1) is 6.92 Å². The summed E-state index contributed by atoms with van der Waals surface area (Å²) in [5.41, 5.74) is 0.771. The summed E-state index contributed by atoms with van der Waals surface area (Å²) >= 11 is 6.61. The van der Waals surface area contributed by atoms with Gasteiger partial charge in [0.2, 0.25) is 5.91 Å². The number of alkyl halides is 1. The Labute approximate surface area is 143 Å². The molecule has 1 aliphatic heterocycles. The Morgan fingerprint density at radius 2 is 1.96 bits per heavy atom. The molecule has 1 saturated heterocycles. The number of carbonyl (C=O) groups is 3. The lowest BCUT2D eigenvalue weighted by atomic mass is 10.1. The molecule has 1 fully saturated rings. The van der Waals surface area contributed by atoms with Gasteiger partial charge in [0.15, 0.2) is 0 Å². The van der Waals surface area contributed by atoms with Gasteiger partial charge in [0.1, 0.15) is 10.9 Å². The van der Waals surface area contributed by atoms with Crippen LogP contribution in [0.2, 0.25) is 0 Å². The van der Waals surface area contributed by atoms with Crippen molar-refractivity contribution in [3.05, 3.63) is 16.0 Å². The van der Waals surface area contributed by atoms with E-state index in [9.17, 15) is 14.4 Å². The summed E-state index contributed by atoms with van der Waals surface area (Å²) in [6.45, 7) is 5.05. The van der Waals surface area contributed by atoms with Crippen molar-refractivity contribution in [3.63, 3.8) is 0 Å². The first-order chi connectivity index (χ1) is 11.0. The average Bonchev–Trinajstić information content (AvgIpc) is 3.15. The zero-order valence-electron chi connectivity index (χ0n) is 13.1. The fourth-order valence-electron chi connectivity index (χ4n) is 2.48. The number of carbonyl (C=O) groups excluding carboxylic acids is 3. The third kappa shape index (κ3) is 3.84. The van der Waals surface area contributed by atoms with E-state index < -0.39 is 11.9 Å². The first-order valence-electron chi connectivity index (χ1n) is 7.45. The standard InChI is InChI=1S/C15H19ClN2O4S/c1-3-22-15(21)11-9(2)12(14(20)18-6-4-5-7-18)23-13(11)17-10(19)8-16/h3-8H2,1-2H3,(H,17,19). The van der Waals surface area contributed by atoms with E-state index in [-0.39, 0.29) is 24.0 Å². The molecule has 23 heavy (non-hydrogen) atoms. The van der Waals surface area contributed by atoms with E-state index >= 15 is 0 Å². The van der Waals surface area contributed by atoms with Crippen molar-refractivity contribution >= 4 is 45.7 Å². The molecular weight excluding hydrogens is 340 g/mol. The van der Waals surface area contributed by atoms with Crippen molar-refractivity contribution in [1.82, 2.24) is 4.90 Å². The molecule has 2 rings (SSSR count). The van der Waals surface area contributed by atoms with Crippen LogP contribution in [0.4, 0.5) is 5.00 Å². The summed E-state index contributed by atoms with van der Waals surface area (Å²) < 4.78 is 5.04. The first-order valence-corrected chi connectivity index (χ1v) is 8.80. The second-order valence-corrected chi connectivity index (χ2v) is 6.45. The van der Waals surface area contributed by atoms with Crippen LogP contribution in [-0.4, -0.2) is 48.3 Å². The van der Waals surface area contributed by atoms with Crippen molar-refractivity contribution in [3.8, 4) is 0 Å². The van der Waals surface area contributed by atoms with Crippen LogP contribution in [0.3, 0.4) is 0 Å². The number of ether oxygens (including phenoxy) is 1. The average molecular weight is 359 g/mol. The summed E-state index contributed by atoms with van der Waals surface area (Å²) in [5.74, 6) is -1.32. The Balaban J connectivity index is 2.39. The Kier molecular flexibility index (Phi) is 6.01. The number of likely N-dealkylation sites (tertiary alicyclic amines) is 1. The highest BCUT2D eigenvalue weighted by atomic mass is 35.5. The minimum Gasteiger partial charge on any atom is -0.462 e. The van der Waals surface area contributed by atoms with Crippen molar-refractivity contribution in [1.29, 1.82) is 0 Å². The molecule has 0 aliphatic carbocycles. The summed E-state index contributed by atoms with van der Waals surface area (Å²) in [4.78, 5) is 38.6. The van der Waals surface area contributed by atoms with Crippen LogP contribution in [0.5, 0.6) is 0 Å². The lowest BCUT2D eigenvalue weighted by Crippen LogP contribution is -2.27. The Morgan fingerprint density at radius 3 is 2.52 bits per heavy atom. The van der Waals surface area contributed by atoms with Crippen LogP contribution < -0.4 is 5.32 Å². The molecule has 0 spiro atoms. The van der Waals surface area contributed by atoms with Gasteiger partial charge in [0.05, 0.1) is 17.0 Å². The van der Waals surface area contributed by atoms with Gasteiger partial charge < -0.3 is 15.0 Å². The van der Waals surface area contributed by atoms with Gasteiger partial charge in [-0.25, -0.2) is 4.79 Å². The van der Waals surface area contributed by atoms with E-state index in [1.165, 1.54) is 0 Å². The molecule has 2 amide bonds. The molecule has 0 bridgehead atoms. The zero-order chi connectivity index (χ0) is 17.0. The molecule has 1 N–H and O–H groups in total. The maximum Gasteiger partial charge on any atom is 0.341 e. The van der Waals surface area contributed by atoms with E-state index in [1.54, 1.807) is 18.7 Å². The summed E-state index contributed by atoms with van der Waals surface area (Å²) in [5, 5.41) is 2.90. The largest absolute Gasteiger partial charge is 0.462 e. The fourth-order valence-corrected chi connectivity index (χ4v) is 3.72. The molecule has 1 aliphatic rings. The van der Waals surface area contributed by atoms with Crippen molar-refractivity contribution in [2.75, 3.05) is 30.9 Å². The molecule has 126 valence electrons. The minimum atomic E-state index is -0.549. The van der Waals surface area contributed by atoms with Gasteiger partial charge in [-0.15, -0.1) is 22.9 Å². The number of esters is 1. The number of hydrogen-bond donors (Lipinski definition) is 1.